The van der Waals surface area contributed by atoms with E-state index in [2.05, 4.69) is 10.5 Å². The van der Waals surface area contributed by atoms with E-state index >= 15 is 0 Å². The van der Waals surface area contributed by atoms with Gasteiger partial charge in [-0.05, 0) is 24.3 Å². The van der Waals surface area contributed by atoms with Crippen LogP contribution in [0.2, 0.25) is 0 Å². The highest BCUT2D eigenvalue weighted by Gasteiger charge is 2.28. The maximum absolute atomic E-state index is 12.3. The van der Waals surface area contributed by atoms with Gasteiger partial charge in [0, 0.05) is 6.92 Å². The van der Waals surface area contributed by atoms with E-state index in [0.29, 0.717) is 11.5 Å². The first-order chi connectivity index (χ1) is 14.4. The number of carbonyl (C=O) groups is 2. The Morgan fingerprint density at radius 1 is 1.27 bits per heavy atom. The molecule has 0 bridgehead atoms. The van der Waals surface area contributed by atoms with Crippen molar-refractivity contribution in [3.8, 4) is 23.0 Å². The average Bonchev–Trinajstić information content (AvgIpc) is 2.73. The van der Waals surface area contributed by atoms with Crippen molar-refractivity contribution in [1.29, 1.82) is 0 Å². The number of carbonyl (C=O) groups excluding carboxylic acids is 2. The largest absolute Gasteiger partial charge is 0.488 e. The number of hydrazone groups is 1. The second kappa shape index (κ2) is 8.90. The highest BCUT2D eigenvalue weighted by atomic mass is 16.6. The second-order valence-corrected chi connectivity index (χ2v) is 5.98. The third kappa shape index (κ3) is 4.46. The molecule has 0 radical (unpaired) electrons. The lowest BCUT2D eigenvalue weighted by Gasteiger charge is -2.24. The summed E-state index contributed by atoms with van der Waals surface area (Å²) in [5.74, 6) is -0.648. The summed E-state index contributed by atoms with van der Waals surface area (Å²) in [4.78, 5) is 34.2. The van der Waals surface area contributed by atoms with Gasteiger partial charge in [-0.15, -0.1) is 0 Å². The Morgan fingerprint density at radius 3 is 2.67 bits per heavy atom. The summed E-state index contributed by atoms with van der Waals surface area (Å²) >= 11 is 0. The number of hydrogen-bond acceptors (Lipinski definition) is 9. The van der Waals surface area contributed by atoms with E-state index in [0.717, 1.165) is 13.1 Å². The molecule has 0 saturated heterocycles. The van der Waals surface area contributed by atoms with Gasteiger partial charge >= 0.3 is 11.7 Å². The topological polar surface area (TPSA) is 139 Å². The van der Waals surface area contributed by atoms with Crippen molar-refractivity contribution in [3.63, 3.8) is 0 Å². The fraction of sp³-hybridized carbons (Fsp3) is 0.211. The molecule has 11 heteroatoms. The van der Waals surface area contributed by atoms with Gasteiger partial charge in [0.1, 0.15) is 6.61 Å². The molecule has 1 heterocycles. The lowest BCUT2D eigenvalue weighted by atomic mass is 10.1. The highest BCUT2D eigenvalue weighted by molar-refractivity contribution is 5.90. The van der Waals surface area contributed by atoms with Crippen molar-refractivity contribution in [2.45, 2.75) is 13.0 Å². The van der Waals surface area contributed by atoms with Crippen LogP contribution in [0, 0.1) is 10.1 Å². The summed E-state index contributed by atoms with van der Waals surface area (Å²) in [6.07, 6.45) is 0.140. The zero-order chi connectivity index (χ0) is 21.7. The molecule has 0 fully saturated rings. The zero-order valence-corrected chi connectivity index (χ0v) is 16.0. The minimum absolute atomic E-state index is 0.0105. The minimum atomic E-state index is -0.937. The standard InChI is InChI=1S/C19H17N3O8/c1-11(23)29-15-8-7-12(17(22(25)26)18(15)27-2)9-20-21-19(24)16-10-28-13-5-3-4-6-14(13)30-16/h3-9,16H,10H2,1-2H3,(H,21,24)/t16-/m1/s1. The van der Waals surface area contributed by atoms with Crippen LogP contribution in [-0.4, -0.2) is 42.8 Å². The minimum Gasteiger partial charge on any atom is -0.488 e. The number of para-hydroxylation sites is 2. The molecule has 0 saturated carbocycles. The first-order valence-electron chi connectivity index (χ1n) is 8.66. The summed E-state index contributed by atoms with van der Waals surface area (Å²) in [5.41, 5.74) is 1.81. The molecule has 30 heavy (non-hydrogen) atoms. The molecular formula is C19H17N3O8. The van der Waals surface area contributed by atoms with E-state index in [1.165, 1.54) is 19.2 Å². The van der Waals surface area contributed by atoms with E-state index in [9.17, 15) is 19.7 Å². The number of esters is 1. The van der Waals surface area contributed by atoms with Gasteiger partial charge in [-0.3, -0.25) is 19.7 Å². The number of rotatable bonds is 6. The first kappa shape index (κ1) is 20.6. The highest BCUT2D eigenvalue weighted by Crippen LogP contribution is 2.39. The van der Waals surface area contributed by atoms with E-state index < -0.39 is 28.6 Å². The van der Waals surface area contributed by atoms with Crippen LogP contribution in [0.25, 0.3) is 0 Å². The summed E-state index contributed by atoms with van der Waals surface area (Å²) < 4.78 is 21.0. The van der Waals surface area contributed by atoms with Gasteiger partial charge in [0.2, 0.25) is 11.9 Å². The number of nitro groups is 1. The summed E-state index contributed by atoms with van der Waals surface area (Å²) in [6.45, 7) is 1.15. The van der Waals surface area contributed by atoms with Crippen molar-refractivity contribution in [2.75, 3.05) is 13.7 Å². The molecule has 3 rings (SSSR count). The monoisotopic (exact) mass is 415 g/mol. The summed E-state index contributed by atoms with van der Waals surface area (Å²) in [6, 6.07) is 9.54. The van der Waals surface area contributed by atoms with Crippen LogP contribution < -0.4 is 24.4 Å². The van der Waals surface area contributed by atoms with E-state index in [-0.39, 0.29) is 23.7 Å². The molecule has 0 aromatic heterocycles. The Labute approximate surface area is 170 Å². The second-order valence-electron chi connectivity index (χ2n) is 5.98. The molecule has 0 unspecified atom stereocenters. The molecule has 0 spiro atoms. The van der Waals surface area contributed by atoms with Crippen molar-refractivity contribution >= 4 is 23.8 Å². The zero-order valence-electron chi connectivity index (χ0n) is 16.0. The number of nitrogens with zero attached hydrogens (tertiary/aromatic N) is 2. The molecule has 0 aliphatic carbocycles. The number of benzene rings is 2. The maximum Gasteiger partial charge on any atom is 0.323 e. The SMILES string of the molecule is COc1c(OC(C)=O)ccc(C=NNC(=O)[C@H]2COc3ccccc3O2)c1[N+](=O)[O-]. The number of hydrogen-bond donors (Lipinski definition) is 1. The number of amides is 1. The van der Waals surface area contributed by atoms with Crippen LogP contribution in [-0.2, 0) is 9.59 Å². The van der Waals surface area contributed by atoms with Crippen LogP contribution in [0.4, 0.5) is 5.69 Å². The van der Waals surface area contributed by atoms with Crippen molar-refractivity contribution in [1.82, 2.24) is 5.43 Å². The fourth-order valence-corrected chi connectivity index (χ4v) is 2.68. The molecule has 1 amide bonds. The third-order valence-electron chi connectivity index (χ3n) is 3.95. The number of ether oxygens (including phenoxy) is 4. The third-order valence-corrected chi connectivity index (χ3v) is 3.95. The predicted molar refractivity (Wildman–Crippen MR) is 103 cm³/mol. The van der Waals surface area contributed by atoms with Crippen LogP contribution in [0.3, 0.4) is 0 Å². The van der Waals surface area contributed by atoms with Crippen LogP contribution in [0.15, 0.2) is 41.5 Å². The van der Waals surface area contributed by atoms with Crippen LogP contribution >= 0.6 is 0 Å². The number of fused-ring (bicyclic) bond motifs is 1. The quantitative estimate of drug-likeness (QED) is 0.248. The van der Waals surface area contributed by atoms with Gasteiger partial charge in [0.05, 0.1) is 23.8 Å². The molecule has 11 nitrogen and oxygen atoms in total. The Balaban J connectivity index is 1.75. The van der Waals surface area contributed by atoms with Gasteiger partial charge in [-0.2, -0.15) is 5.10 Å². The van der Waals surface area contributed by atoms with E-state index in [4.69, 9.17) is 18.9 Å². The van der Waals surface area contributed by atoms with Crippen LogP contribution in [0.1, 0.15) is 12.5 Å². The van der Waals surface area contributed by atoms with E-state index in [1.807, 2.05) is 0 Å². The maximum atomic E-state index is 12.3. The molecule has 1 N–H and O–H groups in total. The Kier molecular flexibility index (Phi) is 6.11. The van der Waals surface area contributed by atoms with Crippen molar-refractivity contribution in [2.24, 2.45) is 5.10 Å². The Hall–Kier alpha value is -4.15. The molecule has 1 aliphatic heterocycles. The van der Waals surface area contributed by atoms with Crippen LogP contribution in [0.5, 0.6) is 23.0 Å². The van der Waals surface area contributed by atoms with Gasteiger partial charge in [-0.1, -0.05) is 12.1 Å². The summed E-state index contributed by atoms with van der Waals surface area (Å²) in [7, 11) is 1.20. The predicted octanol–water partition coefficient (Wildman–Crippen LogP) is 1.82. The smallest absolute Gasteiger partial charge is 0.323 e. The lowest BCUT2D eigenvalue weighted by molar-refractivity contribution is -0.385. The van der Waals surface area contributed by atoms with Gasteiger partial charge in [-0.25, -0.2) is 5.43 Å². The normalized spacial score (nSPS) is 14.8. The number of nitrogens with one attached hydrogen (secondary N) is 1. The Bertz CT molecular complexity index is 1020. The van der Waals surface area contributed by atoms with Gasteiger partial charge in [0.25, 0.3) is 5.91 Å². The molecule has 156 valence electrons. The first-order valence-corrected chi connectivity index (χ1v) is 8.66. The Morgan fingerprint density at radius 2 is 2.00 bits per heavy atom. The van der Waals surface area contributed by atoms with Gasteiger partial charge < -0.3 is 18.9 Å². The van der Waals surface area contributed by atoms with Crippen molar-refractivity contribution in [3.05, 3.63) is 52.1 Å². The molecule has 1 aliphatic rings. The molecule has 2 aromatic carbocycles. The number of nitro benzene ring substituents is 1. The average molecular weight is 415 g/mol. The van der Waals surface area contributed by atoms with E-state index in [1.54, 1.807) is 24.3 Å². The van der Waals surface area contributed by atoms with Crippen molar-refractivity contribution < 1.29 is 33.5 Å². The molecule has 1 atom stereocenters. The summed E-state index contributed by atoms with van der Waals surface area (Å²) in [5, 5.41) is 15.3. The lowest BCUT2D eigenvalue weighted by Crippen LogP contribution is -2.42. The van der Waals surface area contributed by atoms with Gasteiger partial charge in [0.15, 0.2) is 17.2 Å². The molecular weight excluding hydrogens is 398 g/mol. The number of methoxy groups -OCH3 is 1. The molecule has 2 aromatic rings. The fourth-order valence-electron chi connectivity index (χ4n) is 2.68.